The van der Waals surface area contributed by atoms with Crippen molar-refractivity contribution < 1.29 is 4.79 Å². The number of aromatic nitrogens is 4. The van der Waals surface area contributed by atoms with Crippen molar-refractivity contribution in [3.05, 3.63) is 34.8 Å². The SMILES string of the molecule is CCC(NC(=O)c1ccn(Cn2cc(Br)cn2)n1)C12CC3CC(CC(C3)C1)C2. The van der Waals surface area contributed by atoms with Crippen LogP contribution in [0, 0.1) is 23.2 Å². The Morgan fingerprint density at radius 1 is 1.25 bits per heavy atom. The molecule has 6 nitrogen and oxygen atoms in total. The number of halogens is 1. The van der Waals surface area contributed by atoms with Gasteiger partial charge in [0, 0.05) is 18.4 Å². The lowest BCUT2D eigenvalue weighted by Gasteiger charge is -2.59. The van der Waals surface area contributed by atoms with Gasteiger partial charge in [0.15, 0.2) is 0 Å². The number of carbonyl (C=O) groups excluding carboxylic acids is 1. The van der Waals surface area contributed by atoms with E-state index in [4.69, 9.17) is 0 Å². The van der Waals surface area contributed by atoms with Crippen LogP contribution in [0.15, 0.2) is 29.1 Å². The number of hydrogen-bond acceptors (Lipinski definition) is 3. The first-order chi connectivity index (χ1) is 13.5. The van der Waals surface area contributed by atoms with E-state index in [9.17, 15) is 4.79 Å². The summed E-state index contributed by atoms with van der Waals surface area (Å²) in [4.78, 5) is 13.0. The lowest BCUT2D eigenvalue weighted by Crippen LogP contribution is -2.56. The molecule has 1 amide bonds. The first-order valence-electron chi connectivity index (χ1n) is 10.6. The molecule has 1 unspecified atom stereocenters. The highest BCUT2D eigenvalue weighted by Gasteiger charge is 2.54. The molecule has 4 aliphatic rings. The summed E-state index contributed by atoms with van der Waals surface area (Å²) in [6.45, 7) is 2.71. The van der Waals surface area contributed by atoms with Crippen LogP contribution in [-0.2, 0) is 6.67 Å². The molecule has 2 heterocycles. The minimum atomic E-state index is -0.0389. The molecule has 0 spiro atoms. The number of rotatable bonds is 6. The predicted molar refractivity (Wildman–Crippen MR) is 110 cm³/mol. The average Bonchev–Trinajstić information content (AvgIpc) is 3.27. The van der Waals surface area contributed by atoms with Crippen molar-refractivity contribution in [1.29, 1.82) is 0 Å². The highest BCUT2D eigenvalue weighted by molar-refractivity contribution is 9.10. The molecular weight excluding hydrogens is 418 g/mol. The second-order valence-corrected chi connectivity index (χ2v) is 10.2. The van der Waals surface area contributed by atoms with E-state index in [2.05, 4.69) is 38.4 Å². The van der Waals surface area contributed by atoms with E-state index >= 15 is 0 Å². The molecule has 28 heavy (non-hydrogen) atoms. The largest absolute Gasteiger partial charge is 0.347 e. The smallest absolute Gasteiger partial charge is 0.272 e. The molecule has 7 heteroatoms. The quantitative estimate of drug-likeness (QED) is 0.728. The molecule has 150 valence electrons. The Hall–Kier alpha value is -1.63. The number of nitrogens with zero attached hydrogens (tertiary/aromatic N) is 4. The van der Waals surface area contributed by atoms with Gasteiger partial charge in [-0.05, 0) is 90.1 Å². The molecule has 1 N–H and O–H groups in total. The third kappa shape index (κ3) is 3.31. The van der Waals surface area contributed by atoms with Crippen LogP contribution in [0.3, 0.4) is 0 Å². The monoisotopic (exact) mass is 445 g/mol. The lowest BCUT2D eigenvalue weighted by molar-refractivity contribution is -0.0727. The fourth-order valence-electron chi connectivity index (χ4n) is 6.65. The third-order valence-electron chi connectivity index (χ3n) is 7.30. The Morgan fingerprint density at radius 2 is 1.93 bits per heavy atom. The molecule has 2 aromatic rings. The summed E-state index contributed by atoms with van der Waals surface area (Å²) in [6, 6.07) is 2.07. The second-order valence-electron chi connectivity index (χ2n) is 9.29. The normalized spacial score (nSPS) is 31.9. The Balaban J connectivity index is 1.28. The maximum atomic E-state index is 13.0. The molecular formula is C21H28BrN5O. The van der Waals surface area contributed by atoms with Crippen LogP contribution in [0.5, 0.6) is 0 Å². The lowest BCUT2D eigenvalue weighted by atomic mass is 9.47. The molecule has 0 aliphatic heterocycles. The summed E-state index contributed by atoms with van der Waals surface area (Å²) < 4.78 is 4.46. The topological polar surface area (TPSA) is 64.7 Å². The van der Waals surface area contributed by atoms with E-state index < -0.39 is 0 Å². The molecule has 4 aliphatic carbocycles. The molecule has 0 saturated heterocycles. The fourth-order valence-corrected chi connectivity index (χ4v) is 6.98. The zero-order chi connectivity index (χ0) is 19.3. The van der Waals surface area contributed by atoms with Gasteiger partial charge in [-0.25, -0.2) is 4.68 Å². The summed E-state index contributed by atoms with van der Waals surface area (Å²) in [7, 11) is 0. The minimum Gasteiger partial charge on any atom is -0.347 e. The van der Waals surface area contributed by atoms with Crippen LogP contribution in [0.2, 0.25) is 0 Å². The summed E-state index contributed by atoms with van der Waals surface area (Å²) >= 11 is 3.40. The highest BCUT2D eigenvalue weighted by Crippen LogP contribution is 2.61. The summed E-state index contributed by atoms with van der Waals surface area (Å²) in [5.41, 5.74) is 0.817. The van der Waals surface area contributed by atoms with Crippen LogP contribution in [0.4, 0.5) is 0 Å². The Kier molecular flexibility index (Phi) is 4.61. The first-order valence-corrected chi connectivity index (χ1v) is 11.3. The van der Waals surface area contributed by atoms with Crippen LogP contribution >= 0.6 is 15.9 Å². The van der Waals surface area contributed by atoms with E-state index in [0.29, 0.717) is 17.8 Å². The van der Waals surface area contributed by atoms with Gasteiger partial charge in [-0.1, -0.05) is 6.92 Å². The van der Waals surface area contributed by atoms with E-state index in [1.165, 1.54) is 38.5 Å². The molecule has 4 saturated carbocycles. The maximum Gasteiger partial charge on any atom is 0.272 e. The Labute approximate surface area is 174 Å². The van der Waals surface area contributed by atoms with Gasteiger partial charge in [0.2, 0.25) is 0 Å². The standard InChI is InChI=1S/C21H28BrN5O/c1-2-19(21-8-14-5-15(9-21)7-16(6-14)10-21)24-20(28)18-3-4-26(25-18)13-27-12-17(22)11-23-27/h3-4,11-12,14-16,19H,2,5-10,13H2,1H3,(H,24,28). The molecule has 0 radical (unpaired) electrons. The van der Waals surface area contributed by atoms with Gasteiger partial charge in [-0.15, -0.1) is 0 Å². The van der Waals surface area contributed by atoms with Crippen molar-refractivity contribution in [1.82, 2.24) is 24.9 Å². The van der Waals surface area contributed by atoms with Crippen molar-refractivity contribution in [3.8, 4) is 0 Å². The number of carbonyl (C=O) groups is 1. The maximum absolute atomic E-state index is 13.0. The summed E-state index contributed by atoms with van der Waals surface area (Å²) in [5.74, 6) is 2.64. The summed E-state index contributed by atoms with van der Waals surface area (Å²) in [6.07, 6.45) is 14.7. The minimum absolute atomic E-state index is 0.0389. The van der Waals surface area contributed by atoms with Crippen LogP contribution in [-0.4, -0.2) is 31.5 Å². The number of amides is 1. The number of nitrogens with one attached hydrogen (secondary N) is 1. The van der Waals surface area contributed by atoms with Crippen LogP contribution < -0.4 is 5.32 Å². The van der Waals surface area contributed by atoms with Crippen LogP contribution in [0.1, 0.15) is 62.4 Å². The van der Waals surface area contributed by atoms with Crippen molar-refractivity contribution in [2.45, 2.75) is 64.6 Å². The molecule has 1 atom stereocenters. The average molecular weight is 446 g/mol. The van der Waals surface area contributed by atoms with Crippen LogP contribution in [0.25, 0.3) is 0 Å². The molecule has 6 rings (SSSR count). The molecule has 0 aromatic carbocycles. The van der Waals surface area contributed by atoms with Gasteiger partial charge in [-0.2, -0.15) is 10.2 Å². The molecule has 4 bridgehead atoms. The molecule has 2 aromatic heterocycles. The fraction of sp³-hybridized carbons (Fsp3) is 0.667. The molecule has 4 fully saturated rings. The van der Waals surface area contributed by atoms with E-state index in [1.807, 2.05) is 12.4 Å². The summed E-state index contributed by atoms with van der Waals surface area (Å²) in [5, 5.41) is 12.1. The zero-order valence-corrected chi connectivity index (χ0v) is 17.9. The van der Waals surface area contributed by atoms with Crippen molar-refractivity contribution in [3.63, 3.8) is 0 Å². The van der Waals surface area contributed by atoms with Gasteiger partial charge in [-0.3, -0.25) is 9.48 Å². The van der Waals surface area contributed by atoms with Crippen molar-refractivity contribution in [2.24, 2.45) is 23.2 Å². The van der Waals surface area contributed by atoms with Gasteiger partial charge in [0.1, 0.15) is 12.4 Å². The third-order valence-corrected chi connectivity index (χ3v) is 7.71. The van der Waals surface area contributed by atoms with E-state index in [1.54, 1.807) is 21.6 Å². The van der Waals surface area contributed by atoms with Crippen molar-refractivity contribution in [2.75, 3.05) is 0 Å². The van der Waals surface area contributed by atoms with Gasteiger partial charge < -0.3 is 5.32 Å². The zero-order valence-electron chi connectivity index (χ0n) is 16.4. The highest BCUT2D eigenvalue weighted by atomic mass is 79.9. The number of hydrogen-bond donors (Lipinski definition) is 1. The Morgan fingerprint density at radius 3 is 2.50 bits per heavy atom. The van der Waals surface area contributed by atoms with Crippen molar-refractivity contribution >= 4 is 21.8 Å². The van der Waals surface area contributed by atoms with Gasteiger partial charge in [0.25, 0.3) is 5.91 Å². The van der Waals surface area contributed by atoms with E-state index in [-0.39, 0.29) is 11.9 Å². The second kappa shape index (κ2) is 7.01. The van der Waals surface area contributed by atoms with Gasteiger partial charge in [0.05, 0.1) is 10.7 Å². The first kappa shape index (κ1) is 18.4. The Bertz CT molecular complexity index is 836. The predicted octanol–water partition coefficient (Wildman–Crippen LogP) is 4.07. The van der Waals surface area contributed by atoms with E-state index in [0.717, 1.165) is 28.6 Å². The van der Waals surface area contributed by atoms with Gasteiger partial charge >= 0.3 is 0 Å².